The molecule has 0 radical (unpaired) electrons. The van der Waals surface area contributed by atoms with Crippen molar-refractivity contribution in [1.82, 2.24) is 4.90 Å². The maximum atomic E-state index is 11.2. The van der Waals surface area contributed by atoms with Crippen molar-refractivity contribution in [2.24, 2.45) is 10.7 Å². The van der Waals surface area contributed by atoms with E-state index in [0.29, 0.717) is 21.3 Å². The number of halogens is 2. The standard InChI is InChI=1S/C12H13Cl2N3O2.Na/c1-12(2,10(18)19)17-5-6-8(16-11(17)15)4-3-7(13)9(6)14;/h3-4H,5H2,1-2H3,(H2,15,16)(H,18,19);/q;+1/p-1. The van der Waals surface area contributed by atoms with Gasteiger partial charge in [-0.25, -0.2) is 4.99 Å². The summed E-state index contributed by atoms with van der Waals surface area (Å²) in [6.07, 6.45) is 0. The van der Waals surface area contributed by atoms with Gasteiger partial charge in [-0.2, -0.15) is 0 Å². The SMILES string of the molecule is CC(C)(C(=O)[O-])N1Cc2c(ccc(Cl)c2Cl)N=C1N.[Na+]. The number of carbonyl (C=O) groups excluding carboxylic acids is 1. The molecule has 20 heavy (non-hydrogen) atoms. The maximum Gasteiger partial charge on any atom is 1.00 e. The van der Waals surface area contributed by atoms with Crippen LogP contribution in [0.2, 0.25) is 10.0 Å². The summed E-state index contributed by atoms with van der Waals surface area (Å²) in [4.78, 5) is 16.8. The molecule has 0 spiro atoms. The average molecular weight is 324 g/mol. The number of hydrogen-bond donors (Lipinski definition) is 1. The summed E-state index contributed by atoms with van der Waals surface area (Å²) in [5.41, 5.74) is 5.77. The van der Waals surface area contributed by atoms with Gasteiger partial charge in [0.25, 0.3) is 0 Å². The maximum absolute atomic E-state index is 11.2. The Morgan fingerprint density at radius 2 is 2.05 bits per heavy atom. The molecular weight excluding hydrogens is 312 g/mol. The quantitative estimate of drug-likeness (QED) is 0.657. The van der Waals surface area contributed by atoms with E-state index in [2.05, 4.69) is 4.99 Å². The number of benzene rings is 1. The molecule has 0 fully saturated rings. The Morgan fingerprint density at radius 3 is 2.60 bits per heavy atom. The van der Waals surface area contributed by atoms with Crippen LogP contribution in [-0.4, -0.2) is 22.4 Å². The number of aliphatic imine (C=N–C) groups is 1. The van der Waals surface area contributed by atoms with Gasteiger partial charge in [0.1, 0.15) is 0 Å². The van der Waals surface area contributed by atoms with Crippen molar-refractivity contribution >= 4 is 40.8 Å². The average Bonchev–Trinajstić information content (AvgIpc) is 2.33. The molecule has 0 aromatic heterocycles. The number of guanidine groups is 1. The van der Waals surface area contributed by atoms with Gasteiger partial charge in [0.2, 0.25) is 0 Å². The van der Waals surface area contributed by atoms with Crippen molar-refractivity contribution in [2.45, 2.75) is 25.9 Å². The Bertz CT molecular complexity index is 590. The Morgan fingerprint density at radius 1 is 1.45 bits per heavy atom. The van der Waals surface area contributed by atoms with Crippen LogP contribution in [0.4, 0.5) is 5.69 Å². The van der Waals surface area contributed by atoms with Gasteiger partial charge in [0.05, 0.1) is 33.8 Å². The van der Waals surface area contributed by atoms with Gasteiger partial charge < -0.3 is 20.5 Å². The van der Waals surface area contributed by atoms with E-state index in [-0.39, 0.29) is 42.1 Å². The zero-order valence-corrected chi connectivity index (χ0v) is 14.9. The minimum Gasteiger partial charge on any atom is -0.548 e. The van der Waals surface area contributed by atoms with Crippen LogP contribution in [0.15, 0.2) is 17.1 Å². The third kappa shape index (κ3) is 2.92. The predicted molar refractivity (Wildman–Crippen MR) is 72.4 cm³/mol. The molecular formula is C12H12Cl2N3NaO2. The minimum atomic E-state index is -1.29. The fraction of sp³-hybridized carbons (Fsp3) is 0.333. The fourth-order valence-corrected chi connectivity index (χ4v) is 2.25. The molecule has 0 saturated carbocycles. The predicted octanol–water partition coefficient (Wildman–Crippen LogP) is -1.71. The Labute approximate surface area is 149 Å². The van der Waals surface area contributed by atoms with E-state index in [9.17, 15) is 9.90 Å². The molecule has 1 heterocycles. The van der Waals surface area contributed by atoms with E-state index in [1.54, 1.807) is 12.1 Å². The molecule has 0 atom stereocenters. The van der Waals surface area contributed by atoms with Gasteiger partial charge in [0, 0.05) is 5.56 Å². The molecule has 0 unspecified atom stereocenters. The number of fused-ring (bicyclic) bond motifs is 1. The minimum absolute atomic E-state index is 0. The van der Waals surface area contributed by atoms with Gasteiger partial charge in [-0.15, -0.1) is 0 Å². The zero-order valence-electron chi connectivity index (χ0n) is 11.4. The van der Waals surface area contributed by atoms with E-state index in [1.807, 2.05) is 0 Å². The van der Waals surface area contributed by atoms with Gasteiger partial charge in [-0.3, -0.25) is 0 Å². The largest absolute Gasteiger partial charge is 1.00 e. The molecule has 2 rings (SSSR count). The van der Waals surface area contributed by atoms with Crippen LogP contribution in [0.5, 0.6) is 0 Å². The molecule has 1 aliphatic rings. The van der Waals surface area contributed by atoms with Crippen LogP contribution in [0.3, 0.4) is 0 Å². The fourth-order valence-electron chi connectivity index (χ4n) is 1.85. The molecule has 1 aromatic carbocycles. The van der Waals surface area contributed by atoms with E-state index >= 15 is 0 Å². The van der Waals surface area contributed by atoms with E-state index in [0.717, 1.165) is 0 Å². The van der Waals surface area contributed by atoms with Gasteiger partial charge in [0.15, 0.2) is 5.96 Å². The number of hydrogen-bond acceptors (Lipinski definition) is 5. The Balaban J connectivity index is 0.00000200. The normalized spacial score (nSPS) is 14.2. The van der Waals surface area contributed by atoms with Crippen molar-refractivity contribution in [3.8, 4) is 0 Å². The molecule has 1 aliphatic heterocycles. The summed E-state index contributed by atoms with van der Waals surface area (Å²) >= 11 is 12.1. The first-order chi connectivity index (χ1) is 8.75. The third-order valence-corrected chi connectivity index (χ3v) is 4.02. The van der Waals surface area contributed by atoms with Crippen molar-refractivity contribution in [3.63, 3.8) is 0 Å². The second-order valence-corrected chi connectivity index (χ2v) is 5.55. The Hall–Kier alpha value is -0.460. The molecule has 102 valence electrons. The van der Waals surface area contributed by atoms with Gasteiger partial charge in [-0.05, 0) is 26.0 Å². The number of rotatable bonds is 2. The number of aliphatic carboxylic acids is 1. The summed E-state index contributed by atoms with van der Waals surface area (Å²) in [6.45, 7) is 3.20. The molecule has 5 nitrogen and oxygen atoms in total. The first kappa shape index (κ1) is 17.6. The number of nitrogens with two attached hydrogens (primary N) is 1. The third-order valence-electron chi connectivity index (χ3n) is 3.17. The first-order valence-electron chi connectivity index (χ1n) is 5.55. The van der Waals surface area contributed by atoms with Crippen LogP contribution in [0, 0.1) is 0 Å². The zero-order chi connectivity index (χ0) is 14.4. The summed E-state index contributed by atoms with van der Waals surface area (Å²) in [5.74, 6) is -1.13. The van der Waals surface area contributed by atoms with Crippen molar-refractivity contribution in [1.29, 1.82) is 0 Å². The molecule has 1 aromatic rings. The molecule has 2 N–H and O–H groups in total. The van der Waals surface area contributed by atoms with E-state index in [4.69, 9.17) is 28.9 Å². The smallest absolute Gasteiger partial charge is 0.548 e. The number of nitrogens with zero attached hydrogens (tertiary/aromatic N) is 2. The van der Waals surface area contributed by atoms with Crippen molar-refractivity contribution < 1.29 is 39.5 Å². The summed E-state index contributed by atoms with van der Waals surface area (Å²) in [7, 11) is 0. The van der Waals surface area contributed by atoms with Gasteiger partial charge in [-0.1, -0.05) is 23.2 Å². The second-order valence-electron chi connectivity index (χ2n) is 4.76. The number of carboxylic acids is 1. The summed E-state index contributed by atoms with van der Waals surface area (Å²) < 4.78 is 0. The van der Waals surface area contributed by atoms with Crippen molar-refractivity contribution in [3.05, 3.63) is 27.7 Å². The molecule has 0 aliphatic carbocycles. The van der Waals surface area contributed by atoms with Crippen LogP contribution in [-0.2, 0) is 11.3 Å². The van der Waals surface area contributed by atoms with Crippen LogP contribution in [0.1, 0.15) is 19.4 Å². The number of carbonyl (C=O) groups is 1. The van der Waals surface area contributed by atoms with Crippen LogP contribution >= 0.6 is 23.2 Å². The molecule has 0 saturated heterocycles. The molecule has 0 bridgehead atoms. The second kappa shape index (κ2) is 6.12. The summed E-state index contributed by atoms with van der Waals surface area (Å²) in [6, 6.07) is 3.32. The van der Waals surface area contributed by atoms with Gasteiger partial charge >= 0.3 is 29.6 Å². The monoisotopic (exact) mass is 323 g/mol. The van der Waals surface area contributed by atoms with Crippen LogP contribution in [0.25, 0.3) is 0 Å². The molecule has 0 amide bonds. The number of carboxylic acid groups (broad SMARTS) is 1. The van der Waals surface area contributed by atoms with E-state index < -0.39 is 11.5 Å². The Kier molecular flexibility index (Phi) is 5.38. The molecule has 8 heteroatoms. The topological polar surface area (TPSA) is 81.8 Å². The van der Waals surface area contributed by atoms with Crippen molar-refractivity contribution in [2.75, 3.05) is 0 Å². The van der Waals surface area contributed by atoms with Crippen LogP contribution < -0.4 is 40.4 Å². The summed E-state index contributed by atoms with van der Waals surface area (Å²) in [5, 5.41) is 12.0. The van der Waals surface area contributed by atoms with E-state index in [1.165, 1.54) is 18.7 Å². The first-order valence-corrected chi connectivity index (χ1v) is 6.31.